The molecule has 90 valence electrons. The van der Waals surface area contributed by atoms with Crippen molar-refractivity contribution in [2.24, 2.45) is 5.73 Å². The van der Waals surface area contributed by atoms with Crippen LogP contribution in [0.5, 0.6) is 0 Å². The summed E-state index contributed by atoms with van der Waals surface area (Å²) in [5.74, 6) is -0.573. The van der Waals surface area contributed by atoms with E-state index in [9.17, 15) is 13.2 Å². The maximum Gasteiger partial charge on any atom is 0.256 e. The molecule has 17 heavy (non-hydrogen) atoms. The van der Waals surface area contributed by atoms with Crippen molar-refractivity contribution >= 4 is 21.6 Å². The lowest BCUT2D eigenvalue weighted by Gasteiger charge is -2.17. The minimum Gasteiger partial charge on any atom is -0.366 e. The second kappa shape index (κ2) is 3.89. The van der Waals surface area contributed by atoms with Crippen LogP contribution < -0.4 is 10.0 Å². The third kappa shape index (κ3) is 1.91. The number of primary amides is 1. The molecule has 0 unspecified atom stereocenters. The van der Waals surface area contributed by atoms with Crippen molar-refractivity contribution < 1.29 is 13.2 Å². The molecule has 0 aliphatic carbocycles. The number of hydrogen-bond acceptors (Lipinski definition) is 3. The van der Waals surface area contributed by atoms with E-state index in [0.717, 1.165) is 11.0 Å². The predicted octanol–water partition coefficient (Wildman–Crippen LogP) is 0.621. The van der Waals surface area contributed by atoms with E-state index in [1.807, 2.05) is 0 Å². The second-order valence-corrected chi connectivity index (χ2v) is 5.55. The van der Waals surface area contributed by atoms with Gasteiger partial charge < -0.3 is 5.73 Å². The van der Waals surface area contributed by atoms with Crippen LogP contribution in [0.25, 0.3) is 0 Å². The van der Waals surface area contributed by atoms with Crippen molar-refractivity contribution in [1.29, 1.82) is 0 Å². The van der Waals surface area contributed by atoms with Gasteiger partial charge in [0.1, 0.15) is 0 Å². The summed E-state index contributed by atoms with van der Waals surface area (Å²) in [5.41, 5.74) is 6.87. The zero-order valence-electron chi connectivity index (χ0n) is 9.09. The summed E-state index contributed by atoms with van der Waals surface area (Å²) in [6.07, 6.45) is 0.626. The highest BCUT2D eigenvalue weighted by atomic mass is 32.2. The summed E-state index contributed by atoms with van der Waals surface area (Å²) >= 11 is 0. The largest absolute Gasteiger partial charge is 0.366 e. The Kier molecular flexibility index (Phi) is 2.66. The van der Waals surface area contributed by atoms with E-state index in [4.69, 9.17) is 5.73 Å². The number of rotatable bonds is 3. The van der Waals surface area contributed by atoms with Crippen molar-refractivity contribution in [2.45, 2.75) is 6.42 Å². The molecule has 1 amide bonds. The third-order valence-corrected chi connectivity index (χ3v) is 4.16. The molecule has 6 heteroatoms. The fourth-order valence-corrected chi connectivity index (χ4v) is 2.83. The molecule has 1 aromatic rings. The Morgan fingerprint density at radius 1 is 1.47 bits per heavy atom. The lowest BCUT2D eigenvalue weighted by atomic mass is 10.1. The number of carbonyl (C=O) groups excluding carboxylic acids is 1. The molecule has 1 heterocycles. The van der Waals surface area contributed by atoms with E-state index in [-0.39, 0.29) is 0 Å². The molecule has 1 aromatic carbocycles. The number of benzene rings is 1. The Bertz CT molecular complexity index is 593. The number of nitrogens with zero attached hydrogens (tertiary/aromatic N) is 1. The van der Waals surface area contributed by atoms with Crippen LogP contribution in [0.4, 0.5) is 5.69 Å². The maximum atomic E-state index is 11.7. The molecule has 5 nitrogen and oxygen atoms in total. The quantitative estimate of drug-likeness (QED) is 0.856. The van der Waals surface area contributed by atoms with Gasteiger partial charge in [0.15, 0.2) is 0 Å². The molecule has 0 atom stereocenters. The van der Waals surface area contributed by atoms with Gasteiger partial charge >= 0.3 is 0 Å². The summed E-state index contributed by atoms with van der Waals surface area (Å²) in [5, 5.41) is 0.902. The fraction of sp³-hybridized carbons (Fsp3) is 0.182. The van der Waals surface area contributed by atoms with Crippen molar-refractivity contribution in [3.8, 4) is 0 Å². The highest BCUT2D eigenvalue weighted by molar-refractivity contribution is 7.95. The molecule has 0 saturated carbocycles. The van der Waals surface area contributed by atoms with E-state index in [2.05, 4.69) is 6.58 Å². The molecule has 0 aromatic heterocycles. The van der Waals surface area contributed by atoms with Crippen molar-refractivity contribution in [1.82, 2.24) is 0 Å². The van der Waals surface area contributed by atoms with Gasteiger partial charge in [-0.1, -0.05) is 12.6 Å². The molecule has 0 radical (unpaired) electrons. The second-order valence-electron chi connectivity index (χ2n) is 3.74. The van der Waals surface area contributed by atoms with Gasteiger partial charge in [0.05, 0.1) is 5.69 Å². The van der Waals surface area contributed by atoms with Crippen LogP contribution in [0.3, 0.4) is 0 Å². The molecule has 0 fully saturated rings. The van der Waals surface area contributed by atoms with Crippen molar-refractivity contribution in [2.75, 3.05) is 10.8 Å². The lowest BCUT2D eigenvalue weighted by Crippen LogP contribution is -2.27. The highest BCUT2D eigenvalue weighted by Crippen LogP contribution is 2.31. The van der Waals surface area contributed by atoms with Gasteiger partial charge in [-0.05, 0) is 24.1 Å². The van der Waals surface area contributed by atoms with Crippen LogP contribution in [0.15, 0.2) is 30.2 Å². The summed E-state index contributed by atoms with van der Waals surface area (Å²) in [4.78, 5) is 11.1. The van der Waals surface area contributed by atoms with E-state index in [1.54, 1.807) is 12.1 Å². The minimum atomic E-state index is -3.51. The fourth-order valence-electron chi connectivity index (χ4n) is 1.86. The summed E-state index contributed by atoms with van der Waals surface area (Å²) < 4.78 is 24.7. The Morgan fingerprint density at radius 2 is 2.18 bits per heavy atom. The molecule has 1 aliphatic rings. The number of amides is 1. The van der Waals surface area contributed by atoms with Gasteiger partial charge in [0, 0.05) is 17.5 Å². The molecule has 1 aliphatic heterocycles. The van der Waals surface area contributed by atoms with Crippen molar-refractivity contribution in [3.05, 3.63) is 41.3 Å². The van der Waals surface area contributed by atoms with Crippen LogP contribution in [0, 0.1) is 0 Å². The summed E-state index contributed by atoms with van der Waals surface area (Å²) in [6.45, 7) is 3.65. The average Bonchev–Trinajstić information content (AvgIpc) is 2.72. The first-order chi connectivity index (χ1) is 7.95. The van der Waals surface area contributed by atoms with E-state index in [0.29, 0.717) is 24.2 Å². The average molecular weight is 252 g/mol. The Balaban J connectivity index is 2.53. The number of nitrogens with two attached hydrogens (primary N) is 1. The van der Waals surface area contributed by atoms with Crippen LogP contribution in [0.1, 0.15) is 15.9 Å². The number of sulfonamides is 1. The Hall–Kier alpha value is -1.82. The van der Waals surface area contributed by atoms with Crippen LogP contribution in [-0.2, 0) is 16.4 Å². The lowest BCUT2D eigenvalue weighted by molar-refractivity contribution is 0.100. The van der Waals surface area contributed by atoms with E-state index < -0.39 is 15.9 Å². The summed E-state index contributed by atoms with van der Waals surface area (Å²) in [6, 6.07) is 4.84. The number of hydrogen-bond donors (Lipinski definition) is 1. The molecule has 2 rings (SSSR count). The molecular formula is C11H12N2O3S. The summed E-state index contributed by atoms with van der Waals surface area (Å²) in [7, 11) is -3.51. The van der Waals surface area contributed by atoms with Gasteiger partial charge in [-0.3, -0.25) is 9.10 Å². The van der Waals surface area contributed by atoms with Gasteiger partial charge in [-0.25, -0.2) is 8.42 Å². The van der Waals surface area contributed by atoms with E-state index >= 15 is 0 Å². The normalized spacial score (nSPS) is 14.5. The van der Waals surface area contributed by atoms with Gasteiger partial charge in [0.2, 0.25) is 5.91 Å². The van der Waals surface area contributed by atoms with Crippen LogP contribution in [0.2, 0.25) is 0 Å². The number of fused-ring (bicyclic) bond motifs is 1. The Morgan fingerprint density at radius 3 is 2.76 bits per heavy atom. The smallest absolute Gasteiger partial charge is 0.256 e. The van der Waals surface area contributed by atoms with Gasteiger partial charge in [0.25, 0.3) is 10.0 Å². The first-order valence-corrected chi connectivity index (χ1v) is 6.54. The topological polar surface area (TPSA) is 80.5 Å². The minimum absolute atomic E-state index is 0.301. The predicted molar refractivity (Wildman–Crippen MR) is 65.1 cm³/mol. The maximum absolute atomic E-state index is 11.7. The number of carbonyl (C=O) groups is 1. The monoisotopic (exact) mass is 252 g/mol. The number of anilines is 1. The van der Waals surface area contributed by atoms with Crippen LogP contribution in [-0.4, -0.2) is 20.9 Å². The third-order valence-electron chi connectivity index (χ3n) is 2.74. The SMILES string of the molecule is C=CS(=O)(=O)N1CCc2ccc(C(N)=O)cc21. The molecule has 0 bridgehead atoms. The van der Waals surface area contributed by atoms with Crippen LogP contribution >= 0.6 is 0 Å². The molecule has 2 N–H and O–H groups in total. The molecular weight excluding hydrogens is 240 g/mol. The molecule has 0 spiro atoms. The first-order valence-electron chi connectivity index (χ1n) is 5.03. The van der Waals surface area contributed by atoms with E-state index in [1.165, 1.54) is 10.4 Å². The van der Waals surface area contributed by atoms with Crippen molar-refractivity contribution in [3.63, 3.8) is 0 Å². The zero-order valence-corrected chi connectivity index (χ0v) is 9.90. The Labute approximate surface area is 99.6 Å². The standard InChI is InChI=1S/C11H12N2O3S/c1-2-17(15,16)13-6-5-8-3-4-9(11(12)14)7-10(8)13/h2-4,7H,1,5-6H2,(H2,12,14). The van der Waals surface area contributed by atoms with Gasteiger partial charge in [-0.2, -0.15) is 0 Å². The zero-order chi connectivity index (χ0) is 12.6. The first kappa shape index (κ1) is 11.7. The van der Waals surface area contributed by atoms with Gasteiger partial charge in [-0.15, -0.1) is 0 Å². The molecule has 0 saturated heterocycles. The highest BCUT2D eigenvalue weighted by Gasteiger charge is 2.27.